The van der Waals surface area contributed by atoms with Crippen molar-refractivity contribution in [3.05, 3.63) is 22.4 Å². The number of rotatable bonds is 11. The fourth-order valence-electron chi connectivity index (χ4n) is 2.19. The first-order chi connectivity index (χ1) is 9.43. The predicted octanol–water partition coefficient (Wildman–Crippen LogP) is 6.70. The molecule has 0 atom stereocenters. The SMILES string of the molecule is CCCCCCCCCCCCc1[c-]csc1.[Cl][Zn+]. The standard InChI is InChI=1S/C16H27S.ClH.Zn/c1-2-3-4-5-6-7-8-9-10-11-12-16-13-14-17-15-16;;/h14-15H,2-12H2,1H3;1H;/q-1;;+2/p-1. The van der Waals surface area contributed by atoms with Gasteiger partial charge < -0.3 is 0 Å². The second-order valence-electron chi connectivity index (χ2n) is 4.97. The number of unbranched alkanes of at least 4 members (excludes halogenated alkanes) is 9. The fourth-order valence-corrected chi connectivity index (χ4v) is 2.83. The van der Waals surface area contributed by atoms with Crippen molar-refractivity contribution in [3.63, 3.8) is 0 Å². The summed E-state index contributed by atoms with van der Waals surface area (Å²) in [7, 11) is 4.76. The molecule has 0 saturated heterocycles. The van der Waals surface area contributed by atoms with E-state index in [1.165, 1.54) is 76.2 Å². The van der Waals surface area contributed by atoms with Crippen molar-refractivity contribution in [3.8, 4) is 0 Å². The Labute approximate surface area is 138 Å². The van der Waals surface area contributed by atoms with Crippen molar-refractivity contribution in [2.75, 3.05) is 0 Å². The first-order valence-electron chi connectivity index (χ1n) is 7.63. The van der Waals surface area contributed by atoms with E-state index in [0.29, 0.717) is 0 Å². The van der Waals surface area contributed by atoms with Crippen molar-refractivity contribution in [1.29, 1.82) is 0 Å². The van der Waals surface area contributed by atoms with Crippen molar-refractivity contribution in [2.24, 2.45) is 0 Å². The summed E-state index contributed by atoms with van der Waals surface area (Å²) in [4.78, 5) is 0. The van der Waals surface area contributed by atoms with Gasteiger partial charge in [0, 0.05) is 0 Å². The first-order valence-corrected chi connectivity index (χ1v) is 12.5. The van der Waals surface area contributed by atoms with Crippen LogP contribution in [0.15, 0.2) is 10.8 Å². The topological polar surface area (TPSA) is 0 Å². The summed E-state index contributed by atoms with van der Waals surface area (Å²) in [5, 5.41) is 4.29. The Kier molecular flexibility index (Phi) is 17.2. The number of hydrogen-bond donors (Lipinski definition) is 0. The van der Waals surface area contributed by atoms with E-state index in [0.717, 1.165) is 17.3 Å². The van der Waals surface area contributed by atoms with Gasteiger partial charge in [0.05, 0.1) is 0 Å². The van der Waals surface area contributed by atoms with Crippen LogP contribution in [0.5, 0.6) is 0 Å². The zero-order valence-electron chi connectivity index (χ0n) is 12.4. The van der Waals surface area contributed by atoms with Crippen LogP contribution in [0.2, 0.25) is 0 Å². The van der Waals surface area contributed by atoms with Crippen LogP contribution in [-0.2, 0) is 23.7 Å². The van der Waals surface area contributed by atoms with Crippen LogP contribution < -0.4 is 0 Å². The van der Waals surface area contributed by atoms with Gasteiger partial charge in [-0.1, -0.05) is 77.6 Å². The van der Waals surface area contributed by atoms with E-state index in [9.17, 15) is 0 Å². The summed E-state index contributed by atoms with van der Waals surface area (Å²) >= 11 is 2.61. The zero-order chi connectivity index (χ0) is 14.2. The molecule has 0 spiro atoms. The third-order valence-corrected chi connectivity index (χ3v) is 4.00. The summed E-state index contributed by atoms with van der Waals surface area (Å²) in [6, 6.07) is 3.29. The number of halogens is 1. The number of thiophene rings is 1. The van der Waals surface area contributed by atoms with E-state index in [1.54, 1.807) is 11.3 Å². The molecule has 0 fully saturated rings. The molecule has 0 aliphatic rings. The molecule has 0 aliphatic heterocycles. The molecule has 0 nitrogen and oxygen atoms in total. The Morgan fingerprint density at radius 3 is 1.95 bits per heavy atom. The second-order valence-corrected chi connectivity index (χ2v) is 5.72. The van der Waals surface area contributed by atoms with Crippen LogP contribution in [0.1, 0.15) is 76.7 Å². The molecule has 0 N–H and O–H groups in total. The van der Waals surface area contributed by atoms with Gasteiger partial charge in [0.2, 0.25) is 0 Å². The molecule has 1 rings (SSSR count). The van der Waals surface area contributed by atoms with Crippen LogP contribution in [0.25, 0.3) is 0 Å². The van der Waals surface area contributed by atoms with Gasteiger partial charge in [-0.05, 0) is 0 Å². The molecular weight excluding hydrogens is 325 g/mol. The molecule has 19 heavy (non-hydrogen) atoms. The van der Waals surface area contributed by atoms with Crippen molar-refractivity contribution < 1.29 is 17.3 Å². The van der Waals surface area contributed by atoms with Gasteiger partial charge >= 0.3 is 27.0 Å². The van der Waals surface area contributed by atoms with Gasteiger partial charge in [0.1, 0.15) is 0 Å². The molecule has 106 valence electrons. The summed E-state index contributed by atoms with van der Waals surface area (Å²) in [6.45, 7) is 2.28. The fraction of sp³-hybridized carbons (Fsp3) is 0.750. The number of aryl methyl sites for hydroxylation is 1. The second kappa shape index (κ2) is 16.7. The molecule has 0 amide bonds. The maximum atomic E-state index is 4.76. The normalized spacial score (nSPS) is 10.1. The molecule has 1 aromatic heterocycles. The summed E-state index contributed by atoms with van der Waals surface area (Å²) in [5.41, 5.74) is 1.41. The molecule has 0 aliphatic carbocycles. The Bertz CT molecular complexity index is 249. The molecule has 1 aromatic rings. The van der Waals surface area contributed by atoms with Crippen molar-refractivity contribution in [2.45, 2.75) is 77.6 Å². The van der Waals surface area contributed by atoms with Gasteiger partial charge in [-0.25, -0.2) is 11.6 Å². The van der Waals surface area contributed by atoms with E-state index in [1.807, 2.05) is 0 Å². The van der Waals surface area contributed by atoms with Crippen LogP contribution in [0.4, 0.5) is 0 Å². The van der Waals surface area contributed by atoms with Gasteiger partial charge in [-0.3, -0.25) is 11.3 Å². The van der Waals surface area contributed by atoms with Crippen molar-refractivity contribution in [1.82, 2.24) is 0 Å². The minimum atomic E-state index is 0.847. The molecular formula is C16H27ClSZn. The Morgan fingerprint density at radius 2 is 1.47 bits per heavy atom. The average Bonchev–Trinajstić information content (AvgIpc) is 2.96. The summed E-state index contributed by atoms with van der Waals surface area (Å²) < 4.78 is 0. The maximum absolute atomic E-state index is 4.76. The van der Waals surface area contributed by atoms with Gasteiger partial charge in [-0.2, -0.15) is 5.38 Å². The van der Waals surface area contributed by atoms with Gasteiger partial charge in [0.15, 0.2) is 0 Å². The number of hydrogen-bond acceptors (Lipinski definition) is 1. The van der Waals surface area contributed by atoms with Gasteiger partial charge in [-0.15, -0.1) is 5.38 Å². The van der Waals surface area contributed by atoms with Crippen molar-refractivity contribution >= 4 is 21.0 Å². The Balaban J connectivity index is 0.00000154. The van der Waals surface area contributed by atoms with E-state index >= 15 is 0 Å². The molecule has 1 heterocycles. The van der Waals surface area contributed by atoms with Crippen LogP contribution >= 0.6 is 21.0 Å². The first kappa shape index (κ1) is 19.6. The van der Waals surface area contributed by atoms with E-state index in [-0.39, 0.29) is 0 Å². The Morgan fingerprint density at radius 1 is 0.947 bits per heavy atom. The molecule has 0 bridgehead atoms. The van der Waals surface area contributed by atoms with Crippen LogP contribution in [-0.4, -0.2) is 0 Å². The third kappa shape index (κ3) is 13.4. The van der Waals surface area contributed by atoms with Crippen LogP contribution in [0, 0.1) is 6.07 Å². The summed E-state index contributed by atoms with van der Waals surface area (Å²) in [5.74, 6) is 0. The predicted molar refractivity (Wildman–Crippen MR) is 84.6 cm³/mol. The molecule has 0 radical (unpaired) electrons. The van der Waals surface area contributed by atoms with E-state index in [4.69, 9.17) is 9.69 Å². The molecule has 0 aromatic carbocycles. The summed E-state index contributed by atoms with van der Waals surface area (Å²) in [6.07, 6.45) is 15.5. The van der Waals surface area contributed by atoms with E-state index < -0.39 is 0 Å². The monoisotopic (exact) mass is 350 g/mol. The van der Waals surface area contributed by atoms with Gasteiger partial charge in [0.25, 0.3) is 0 Å². The average molecular weight is 352 g/mol. The quantitative estimate of drug-likeness (QED) is 0.236. The molecule has 0 saturated carbocycles. The minimum absolute atomic E-state index is 0.847. The van der Waals surface area contributed by atoms with E-state index in [2.05, 4.69) is 23.8 Å². The Hall–Kier alpha value is 0.613. The molecule has 3 heteroatoms. The third-order valence-electron chi connectivity index (χ3n) is 3.32. The zero-order valence-corrected chi connectivity index (χ0v) is 17.0. The van der Waals surface area contributed by atoms with Crippen LogP contribution in [0.3, 0.4) is 0 Å². The molecule has 0 unspecified atom stereocenters.